The molecule has 0 amide bonds. The van der Waals surface area contributed by atoms with Gasteiger partial charge in [-0.25, -0.2) is 0 Å². The van der Waals surface area contributed by atoms with E-state index in [1.807, 2.05) is 18.2 Å². The molecule has 1 N–H and O–H groups in total. The predicted molar refractivity (Wildman–Crippen MR) is 98.2 cm³/mol. The van der Waals surface area contributed by atoms with Crippen LogP contribution < -0.4 is 19.5 Å². The zero-order chi connectivity index (χ0) is 18.5. The second-order valence-electron chi connectivity index (χ2n) is 5.28. The van der Waals surface area contributed by atoms with Crippen molar-refractivity contribution in [2.24, 2.45) is 0 Å². The summed E-state index contributed by atoms with van der Waals surface area (Å²) in [5.74, 6) is 2.78. The highest BCUT2D eigenvalue weighted by atomic mass is 35.5. The molecule has 26 heavy (non-hydrogen) atoms. The van der Waals surface area contributed by atoms with Crippen LogP contribution in [0.3, 0.4) is 0 Å². The summed E-state index contributed by atoms with van der Waals surface area (Å²) < 4.78 is 21.0. The van der Waals surface area contributed by atoms with Crippen molar-refractivity contribution in [1.82, 2.24) is 10.1 Å². The molecular weight excluding hydrogens is 358 g/mol. The number of nitrogens with zero attached hydrogens (tertiary/aromatic N) is 2. The molecule has 2 aromatic carbocycles. The van der Waals surface area contributed by atoms with E-state index in [4.69, 9.17) is 30.3 Å². The van der Waals surface area contributed by atoms with Gasteiger partial charge in [-0.05, 0) is 30.3 Å². The molecule has 0 spiro atoms. The summed E-state index contributed by atoms with van der Waals surface area (Å²) in [6, 6.07) is 10.8. The number of rotatable bonds is 7. The summed E-state index contributed by atoms with van der Waals surface area (Å²) in [5.41, 5.74) is 1.54. The molecule has 0 aliphatic carbocycles. The number of methoxy groups -OCH3 is 3. The first-order valence-electron chi connectivity index (χ1n) is 7.77. The monoisotopic (exact) mass is 375 g/mol. The summed E-state index contributed by atoms with van der Waals surface area (Å²) in [6.07, 6.45) is 0. The fourth-order valence-electron chi connectivity index (χ4n) is 2.37. The number of nitrogens with one attached hydrogen (secondary N) is 1. The van der Waals surface area contributed by atoms with Crippen molar-refractivity contribution in [3.05, 3.63) is 47.3 Å². The number of halogens is 1. The maximum absolute atomic E-state index is 6.11. The zero-order valence-corrected chi connectivity index (χ0v) is 15.3. The minimum absolute atomic E-state index is 0.355. The highest BCUT2D eigenvalue weighted by Crippen LogP contribution is 2.32. The van der Waals surface area contributed by atoms with Gasteiger partial charge in [-0.15, -0.1) is 0 Å². The van der Waals surface area contributed by atoms with Crippen LogP contribution in [0.2, 0.25) is 5.02 Å². The lowest BCUT2D eigenvalue weighted by Crippen LogP contribution is -2.00. The molecule has 7 nitrogen and oxygen atoms in total. The average molecular weight is 376 g/mol. The molecule has 0 aliphatic heterocycles. The quantitative estimate of drug-likeness (QED) is 0.667. The summed E-state index contributed by atoms with van der Waals surface area (Å²) in [6.45, 7) is 0.355. The Balaban J connectivity index is 1.73. The fraction of sp³-hybridized carbons (Fsp3) is 0.222. The van der Waals surface area contributed by atoms with Gasteiger partial charge in [-0.2, -0.15) is 4.98 Å². The molecule has 0 bridgehead atoms. The Bertz CT molecular complexity index is 898. The van der Waals surface area contributed by atoms with E-state index in [0.717, 1.165) is 11.3 Å². The van der Waals surface area contributed by atoms with Gasteiger partial charge in [-0.3, -0.25) is 0 Å². The van der Waals surface area contributed by atoms with Crippen molar-refractivity contribution < 1.29 is 18.7 Å². The van der Waals surface area contributed by atoms with Gasteiger partial charge in [0.2, 0.25) is 11.7 Å². The van der Waals surface area contributed by atoms with E-state index in [2.05, 4.69) is 15.5 Å². The third kappa shape index (κ3) is 3.83. The van der Waals surface area contributed by atoms with E-state index in [1.165, 1.54) is 0 Å². The fourth-order valence-corrected chi connectivity index (χ4v) is 2.63. The molecule has 3 rings (SSSR count). The number of anilines is 1. The summed E-state index contributed by atoms with van der Waals surface area (Å²) in [5, 5.41) is 7.71. The minimum Gasteiger partial charge on any atom is -0.497 e. The average Bonchev–Trinajstić information content (AvgIpc) is 3.14. The van der Waals surface area contributed by atoms with Gasteiger partial charge in [0.05, 0.1) is 38.5 Å². The Morgan fingerprint density at radius 1 is 1.00 bits per heavy atom. The highest BCUT2D eigenvalue weighted by molar-refractivity contribution is 6.32. The lowest BCUT2D eigenvalue weighted by molar-refractivity contribution is 0.382. The van der Waals surface area contributed by atoms with Crippen molar-refractivity contribution in [2.45, 2.75) is 6.54 Å². The van der Waals surface area contributed by atoms with E-state index >= 15 is 0 Å². The topological polar surface area (TPSA) is 78.6 Å². The van der Waals surface area contributed by atoms with Crippen LogP contribution in [0.25, 0.3) is 11.4 Å². The second-order valence-corrected chi connectivity index (χ2v) is 5.69. The minimum atomic E-state index is 0.355. The van der Waals surface area contributed by atoms with Gasteiger partial charge in [0.25, 0.3) is 0 Å². The standard InChI is InChI=1S/C18H18ClN3O4/c1-23-12-5-6-13(16(9-12)25-3)18-21-17(26-22-18)10-20-11-4-7-15(24-2)14(19)8-11/h4-9,20H,10H2,1-3H3. The molecule has 0 saturated heterocycles. The molecule has 0 saturated carbocycles. The van der Waals surface area contributed by atoms with E-state index in [1.54, 1.807) is 39.5 Å². The third-order valence-electron chi connectivity index (χ3n) is 3.71. The molecule has 3 aromatic rings. The van der Waals surface area contributed by atoms with Crippen LogP contribution in [0.1, 0.15) is 5.89 Å². The SMILES string of the molecule is COc1ccc(-c2noc(CNc3ccc(OC)c(Cl)c3)n2)c(OC)c1. The number of ether oxygens (including phenoxy) is 3. The summed E-state index contributed by atoms with van der Waals surface area (Å²) >= 11 is 6.11. The van der Waals surface area contributed by atoms with Crippen LogP contribution in [-0.4, -0.2) is 31.5 Å². The van der Waals surface area contributed by atoms with E-state index < -0.39 is 0 Å². The van der Waals surface area contributed by atoms with E-state index in [-0.39, 0.29) is 0 Å². The van der Waals surface area contributed by atoms with Crippen molar-refractivity contribution in [1.29, 1.82) is 0 Å². The molecule has 0 radical (unpaired) electrons. The maximum atomic E-state index is 6.11. The van der Waals surface area contributed by atoms with Crippen LogP contribution in [-0.2, 0) is 6.54 Å². The first kappa shape index (κ1) is 17.9. The van der Waals surface area contributed by atoms with E-state index in [0.29, 0.717) is 40.5 Å². The van der Waals surface area contributed by atoms with Crippen molar-refractivity contribution in [3.63, 3.8) is 0 Å². The van der Waals surface area contributed by atoms with Gasteiger partial charge in [0.15, 0.2) is 0 Å². The smallest absolute Gasteiger partial charge is 0.246 e. The molecule has 8 heteroatoms. The Kier molecular flexibility index (Phi) is 5.48. The number of benzene rings is 2. The lowest BCUT2D eigenvalue weighted by Gasteiger charge is -2.07. The molecule has 1 aromatic heterocycles. The Morgan fingerprint density at radius 2 is 1.81 bits per heavy atom. The normalized spacial score (nSPS) is 10.5. The Labute approximate surface area is 155 Å². The second kappa shape index (κ2) is 7.97. The Hall–Kier alpha value is -2.93. The van der Waals surface area contributed by atoms with Gasteiger partial charge in [0.1, 0.15) is 17.2 Å². The van der Waals surface area contributed by atoms with Crippen LogP contribution in [0.15, 0.2) is 40.9 Å². The predicted octanol–water partition coefficient (Wildman–Crippen LogP) is 4.03. The Morgan fingerprint density at radius 3 is 2.50 bits per heavy atom. The maximum Gasteiger partial charge on any atom is 0.246 e. The summed E-state index contributed by atoms with van der Waals surface area (Å²) in [7, 11) is 4.74. The molecule has 0 aliphatic rings. The van der Waals surface area contributed by atoms with Crippen molar-refractivity contribution >= 4 is 17.3 Å². The van der Waals surface area contributed by atoms with E-state index in [9.17, 15) is 0 Å². The van der Waals surface area contributed by atoms with Crippen LogP contribution in [0.5, 0.6) is 17.2 Å². The molecule has 1 heterocycles. The van der Waals surface area contributed by atoms with Crippen molar-refractivity contribution in [3.8, 4) is 28.6 Å². The van der Waals surface area contributed by atoms with Gasteiger partial charge < -0.3 is 24.1 Å². The molecule has 0 fully saturated rings. The lowest BCUT2D eigenvalue weighted by atomic mass is 10.2. The largest absolute Gasteiger partial charge is 0.497 e. The number of hydrogen-bond donors (Lipinski definition) is 1. The van der Waals surface area contributed by atoms with Crippen LogP contribution >= 0.6 is 11.6 Å². The van der Waals surface area contributed by atoms with Crippen LogP contribution in [0.4, 0.5) is 5.69 Å². The third-order valence-corrected chi connectivity index (χ3v) is 4.01. The first-order valence-corrected chi connectivity index (χ1v) is 8.14. The first-order chi connectivity index (χ1) is 12.6. The van der Waals surface area contributed by atoms with Gasteiger partial charge >= 0.3 is 0 Å². The zero-order valence-electron chi connectivity index (χ0n) is 14.6. The molecule has 0 atom stereocenters. The van der Waals surface area contributed by atoms with Crippen molar-refractivity contribution in [2.75, 3.05) is 26.6 Å². The number of aromatic nitrogens is 2. The number of hydrogen-bond acceptors (Lipinski definition) is 7. The molecule has 136 valence electrons. The molecule has 0 unspecified atom stereocenters. The highest BCUT2D eigenvalue weighted by Gasteiger charge is 2.14. The van der Waals surface area contributed by atoms with Gasteiger partial charge in [-0.1, -0.05) is 16.8 Å². The summed E-state index contributed by atoms with van der Waals surface area (Å²) in [4.78, 5) is 4.40. The van der Waals surface area contributed by atoms with Gasteiger partial charge in [0, 0.05) is 11.8 Å². The molecular formula is C18H18ClN3O4. The van der Waals surface area contributed by atoms with Crippen LogP contribution in [0, 0.1) is 0 Å².